The lowest BCUT2D eigenvalue weighted by Crippen LogP contribution is -1.97. The molecule has 0 bridgehead atoms. The first-order valence-corrected chi connectivity index (χ1v) is 5.68. The molecule has 0 aliphatic rings. The Labute approximate surface area is 104 Å². The normalized spacial score (nSPS) is 12.5. The van der Waals surface area contributed by atoms with E-state index in [4.69, 9.17) is 11.6 Å². The Morgan fingerprint density at radius 1 is 1.00 bits per heavy atom. The van der Waals surface area contributed by atoms with Gasteiger partial charge in [-0.15, -0.1) is 11.6 Å². The average Bonchev–Trinajstić information content (AvgIpc) is 2.32. The summed E-state index contributed by atoms with van der Waals surface area (Å²) >= 11 is 6.27. The summed E-state index contributed by atoms with van der Waals surface area (Å²) in [5, 5.41) is -0.466. The maximum Gasteiger partial charge on any atom is 0.159 e. The third kappa shape index (κ3) is 2.47. The molecule has 0 aromatic heterocycles. The van der Waals surface area contributed by atoms with E-state index < -0.39 is 17.0 Å². The Morgan fingerprint density at radius 2 is 1.71 bits per heavy atom. The van der Waals surface area contributed by atoms with E-state index in [0.717, 1.165) is 23.3 Å². The Morgan fingerprint density at radius 3 is 2.35 bits per heavy atom. The molecule has 0 aliphatic heterocycles. The van der Waals surface area contributed by atoms with Crippen molar-refractivity contribution in [2.45, 2.75) is 12.3 Å². The van der Waals surface area contributed by atoms with Crippen LogP contribution in [0.2, 0.25) is 0 Å². The van der Waals surface area contributed by atoms with Gasteiger partial charge >= 0.3 is 0 Å². The Kier molecular flexibility index (Phi) is 3.43. The number of halogens is 3. The molecule has 88 valence electrons. The standard InChI is InChI=1S/C14H11ClF2/c1-9-4-2-3-5-11(9)14(15)10-6-7-12(16)13(17)8-10/h2-8,14H,1H3. The van der Waals surface area contributed by atoms with Crippen molar-refractivity contribution in [1.82, 2.24) is 0 Å². The average molecular weight is 253 g/mol. The summed E-state index contributed by atoms with van der Waals surface area (Å²) in [6.07, 6.45) is 0. The Hall–Kier alpha value is -1.41. The Bertz CT molecular complexity index is 537. The molecular formula is C14H11ClF2. The molecule has 0 fully saturated rings. The minimum Gasteiger partial charge on any atom is -0.204 e. The quantitative estimate of drug-likeness (QED) is 0.685. The molecular weight excluding hydrogens is 242 g/mol. The second kappa shape index (κ2) is 4.84. The van der Waals surface area contributed by atoms with E-state index in [1.807, 2.05) is 31.2 Å². The fourth-order valence-corrected chi connectivity index (χ4v) is 2.10. The zero-order chi connectivity index (χ0) is 12.4. The summed E-state index contributed by atoms with van der Waals surface area (Å²) < 4.78 is 25.9. The second-order valence-corrected chi connectivity index (χ2v) is 4.33. The van der Waals surface area contributed by atoms with Crippen LogP contribution in [-0.2, 0) is 0 Å². The van der Waals surface area contributed by atoms with Gasteiger partial charge in [-0.3, -0.25) is 0 Å². The van der Waals surface area contributed by atoms with Gasteiger partial charge in [0.1, 0.15) is 0 Å². The molecule has 0 N–H and O–H groups in total. The SMILES string of the molecule is Cc1ccccc1C(Cl)c1ccc(F)c(F)c1. The van der Waals surface area contributed by atoms with E-state index in [9.17, 15) is 8.78 Å². The molecule has 0 saturated carbocycles. The maximum absolute atomic E-state index is 13.1. The highest BCUT2D eigenvalue weighted by molar-refractivity contribution is 6.22. The highest BCUT2D eigenvalue weighted by Gasteiger charge is 2.14. The van der Waals surface area contributed by atoms with Gasteiger partial charge in [0.05, 0.1) is 5.38 Å². The van der Waals surface area contributed by atoms with Crippen LogP contribution in [-0.4, -0.2) is 0 Å². The van der Waals surface area contributed by atoms with Crippen molar-refractivity contribution in [3.8, 4) is 0 Å². The summed E-state index contributed by atoms with van der Waals surface area (Å²) in [4.78, 5) is 0. The van der Waals surface area contributed by atoms with Crippen LogP contribution in [0, 0.1) is 18.6 Å². The monoisotopic (exact) mass is 252 g/mol. The summed E-state index contributed by atoms with van der Waals surface area (Å²) in [7, 11) is 0. The number of aryl methyl sites for hydroxylation is 1. The van der Waals surface area contributed by atoms with Gasteiger partial charge in [-0.25, -0.2) is 8.78 Å². The zero-order valence-corrected chi connectivity index (χ0v) is 10.0. The molecule has 1 atom stereocenters. The van der Waals surface area contributed by atoms with Crippen LogP contribution in [0.15, 0.2) is 42.5 Å². The van der Waals surface area contributed by atoms with E-state index in [1.165, 1.54) is 6.07 Å². The highest BCUT2D eigenvalue weighted by atomic mass is 35.5. The second-order valence-electron chi connectivity index (χ2n) is 3.89. The predicted molar refractivity (Wildman–Crippen MR) is 65.2 cm³/mol. The van der Waals surface area contributed by atoms with Crippen molar-refractivity contribution in [3.05, 3.63) is 70.8 Å². The first-order valence-electron chi connectivity index (χ1n) is 5.24. The molecule has 2 aromatic rings. The molecule has 0 saturated heterocycles. The molecule has 0 aliphatic carbocycles. The van der Waals surface area contributed by atoms with Crippen LogP contribution >= 0.6 is 11.6 Å². The molecule has 0 amide bonds. The molecule has 17 heavy (non-hydrogen) atoms. The van der Waals surface area contributed by atoms with Crippen molar-refractivity contribution in [1.29, 1.82) is 0 Å². The molecule has 0 spiro atoms. The molecule has 0 nitrogen and oxygen atoms in total. The topological polar surface area (TPSA) is 0 Å². The molecule has 0 heterocycles. The molecule has 2 aromatic carbocycles. The summed E-state index contributed by atoms with van der Waals surface area (Å²) in [6, 6.07) is 11.3. The molecule has 3 heteroatoms. The zero-order valence-electron chi connectivity index (χ0n) is 9.25. The first kappa shape index (κ1) is 12.1. The number of hydrogen-bond donors (Lipinski definition) is 0. The van der Waals surface area contributed by atoms with Crippen LogP contribution < -0.4 is 0 Å². The van der Waals surface area contributed by atoms with Crippen LogP contribution in [0.1, 0.15) is 22.1 Å². The maximum atomic E-state index is 13.1. The third-order valence-electron chi connectivity index (χ3n) is 2.70. The number of hydrogen-bond acceptors (Lipinski definition) is 0. The minimum atomic E-state index is -0.873. The van der Waals surface area contributed by atoms with Crippen molar-refractivity contribution in [2.75, 3.05) is 0 Å². The van der Waals surface area contributed by atoms with Crippen molar-refractivity contribution in [2.24, 2.45) is 0 Å². The van der Waals surface area contributed by atoms with Crippen LogP contribution in [0.25, 0.3) is 0 Å². The lowest BCUT2D eigenvalue weighted by Gasteiger charge is -2.13. The van der Waals surface area contributed by atoms with Crippen LogP contribution in [0.4, 0.5) is 8.78 Å². The Balaban J connectivity index is 2.40. The van der Waals surface area contributed by atoms with Gasteiger partial charge in [-0.2, -0.15) is 0 Å². The molecule has 2 rings (SSSR count). The van der Waals surface area contributed by atoms with E-state index >= 15 is 0 Å². The largest absolute Gasteiger partial charge is 0.204 e. The van der Waals surface area contributed by atoms with Gasteiger partial charge in [0.2, 0.25) is 0 Å². The summed E-state index contributed by atoms with van der Waals surface area (Å²) in [5.74, 6) is -1.73. The van der Waals surface area contributed by atoms with Crippen LogP contribution in [0.3, 0.4) is 0 Å². The van der Waals surface area contributed by atoms with E-state index in [0.29, 0.717) is 5.56 Å². The van der Waals surface area contributed by atoms with Gasteiger partial charge in [0.25, 0.3) is 0 Å². The number of alkyl halides is 1. The van der Waals surface area contributed by atoms with E-state index in [2.05, 4.69) is 0 Å². The fraction of sp³-hybridized carbons (Fsp3) is 0.143. The first-order chi connectivity index (χ1) is 8.09. The lowest BCUT2D eigenvalue weighted by atomic mass is 10.00. The number of rotatable bonds is 2. The summed E-state index contributed by atoms with van der Waals surface area (Å²) in [5.41, 5.74) is 2.48. The van der Waals surface area contributed by atoms with E-state index in [1.54, 1.807) is 0 Å². The number of benzene rings is 2. The smallest absolute Gasteiger partial charge is 0.159 e. The van der Waals surface area contributed by atoms with Crippen molar-refractivity contribution >= 4 is 11.6 Å². The molecule has 0 radical (unpaired) electrons. The van der Waals surface area contributed by atoms with Gasteiger partial charge in [0, 0.05) is 0 Å². The van der Waals surface area contributed by atoms with Gasteiger partial charge in [0.15, 0.2) is 11.6 Å². The van der Waals surface area contributed by atoms with Crippen molar-refractivity contribution in [3.63, 3.8) is 0 Å². The molecule has 1 unspecified atom stereocenters. The predicted octanol–water partition coefficient (Wildman–Crippen LogP) is 4.60. The lowest BCUT2D eigenvalue weighted by molar-refractivity contribution is 0.507. The highest BCUT2D eigenvalue weighted by Crippen LogP contribution is 2.31. The summed E-state index contributed by atoms with van der Waals surface area (Å²) in [6.45, 7) is 1.94. The van der Waals surface area contributed by atoms with E-state index in [-0.39, 0.29) is 0 Å². The minimum absolute atomic E-state index is 0.466. The van der Waals surface area contributed by atoms with Gasteiger partial charge in [-0.05, 0) is 35.7 Å². The van der Waals surface area contributed by atoms with Gasteiger partial charge in [-0.1, -0.05) is 30.3 Å². The third-order valence-corrected chi connectivity index (χ3v) is 3.18. The fourth-order valence-electron chi connectivity index (χ4n) is 1.72. The van der Waals surface area contributed by atoms with Crippen LogP contribution in [0.5, 0.6) is 0 Å². The van der Waals surface area contributed by atoms with Gasteiger partial charge < -0.3 is 0 Å². The van der Waals surface area contributed by atoms with Crippen molar-refractivity contribution < 1.29 is 8.78 Å².